The van der Waals surface area contributed by atoms with Crippen LogP contribution in [0.25, 0.3) is 0 Å². The Morgan fingerprint density at radius 3 is 2.24 bits per heavy atom. The summed E-state index contributed by atoms with van der Waals surface area (Å²) in [5, 5.41) is 10.2. The van der Waals surface area contributed by atoms with Crippen molar-refractivity contribution in [3.05, 3.63) is 60.2 Å². The molecule has 3 N–H and O–H groups in total. The molecule has 160 valence electrons. The van der Waals surface area contributed by atoms with Gasteiger partial charge >= 0.3 is 0 Å². The molecule has 3 rings (SSSR count). The lowest BCUT2D eigenvalue weighted by atomic mass is 10.1. The number of aliphatic hydroxyl groups is 1. The average Bonchev–Trinajstić information content (AvgIpc) is 2.69. The molecule has 1 unspecified atom stereocenters. The van der Waals surface area contributed by atoms with Gasteiger partial charge in [0.2, 0.25) is 5.91 Å². The number of nitrogens with two attached hydrogens (primary N) is 1. The zero-order valence-electron chi connectivity index (χ0n) is 16.3. The van der Waals surface area contributed by atoms with Crippen molar-refractivity contribution in [2.24, 2.45) is 0 Å². The molecule has 0 aliphatic carbocycles. The van der Waals surface area contributed by atoms with E-state index < -0.39 is 6.10 Å². The highest BCUT2D eigenvalue weighted by Crippen LogP contribution is 2.11. The number of benzene rings is 2. The largest absolute Gasteiger partial charge is 0.491 e. The van der Waals surface area contributed by atoms with Gasteiger partial charge in [0.1, 0.15) is 18.5 Å². The fraction of sp³-hybridized carbons (Fsp3) is 0.381. The van der Waals surface area contributed by atoms with E-state index in [0.29, 0.717) is 31.7 Å². The topological polar surface area (TPSA) is 79.0 Å². The number of halogens is 2. The summed E-state index contributed by atoms with van der Waals surface area (Å²) in [4.78, 5) is 16.5. The molecule has 6 nitrogen and oxygen atoms in total. The molecule has 29 heavy (non-hydrogen) atoms. The van der Waals surface area contributed by atoms with E-state index >= 15 is 0 Å². The van der Waals surface area contributed by atoms with E-state index in [9.17, 15) is 9.90 Å². The SMILES string of the molecule is Cl.Cl.Nc1ccc(CC(=O)N2CCN(CC(O)COc3ccccc3)CC2)cc1. The lowest BCUT2D eigenvalue weighted by Crippen LogP contribution is -2.51. The Labute approximate surface area is 184 Å². The Morgan fingerprint density at radius 1 is 1.00 bits per heavy atom. The number of hydrogen-bond acceptors (Lipinski definition) is 5. The van der Waals surface area contributed by atoms with Crippen LogP contribution in [0, 0.1) is 0 Å². The van der Waals surface area contributed by atoms with Crippen molar-refractivity contribution in [3.8, 4) is 5.75 Å². The van der Waals surface area contributed by atoms with E-state index in [-0.39, 0.29) is 37.3 Å². The molecule has 1 atom stereocenters. The molecule has 2 aromatic carbocycles. The number of para-hydroxylation sites is 1. The van der Waals surface area contributed by atoms with Crippen molar-refractivity contribution in [2.75, 3.05) is 45.1 Å². The number of nitrogens with zero attached hydrogens (tertiary/aromatic N) is 2. The number of carbonyl (C=O) groups is 1. The predicted molar refractivity (Wildman–Crippen MR) is 120 cm³/mol. The number of rotatable bonds is 7. The summed E-state index contributed by atoms with van der Waals surface area (Å²) in [7, 11) is 0. The van der Waals surface area contributed by atoms with E-state index in [1.807, 2.05) is 59.5 Å². The number of nitrogen functional groups attached to an aromatic ring is 1. The summed E-state index contributed by atoms with van der Waals surface area (Å²) in [5.74, 6) is 0.891. The van der Waals surface area contributed by atoms with Crippen LogP contribution in [0.1, 0.15) is 5.56 Å². The smallest absolute Gasteiger partial charge is 0.227 e. The zero-order chi connectivity index (χ0) is 19.1. The summed E-state index contributed by atoms with van der Waals surface area (Å²) >= 11 is 0. The Balaban J connectivity index is 0.00000210. The normalized spacial score (nSPS) is 15.0. The van der Waals surface area contributed by atoms with Crippen molar-refractivity contribution in [2.45, 2.75) is 12.5 Å². The number of hydrogen-bond donors (Lipinski definition) is 2. The van der Waals surface area contributed by atoms with E-state index in [2.05, 4.69) is 4.90 Å². The highest BCUT2D eigenvalue weighted by Gasteiger charge is 2.22. The molecule has 0 radical (unpaired) electrons. The van der Waals surface area contributed by atoms with Crippen LogP contribution in [0.15, 0.2) is 54.6 Å². The van der Waals surface area contributed by atoms with Gasteiger partial charge in [0, 0.05) is 38.4 Å². The number of β-amino-alcohol motifs (C(OH)–C–C–N with tert-alkyl or cyclic N) is 1. The van der Waals surface area contributed by atoms with E-state index in [0.717, 1.165) is 24.4 Å². The van der Waals surface area contributed by atoms with Gasteiger partial charge in [0.15, 0.2) is 0 Å². The predicted octanol–water partition coefficient (Wildman–Crippen LogP) is 2.24. The van der Waals surface area contributed by atoms with Crippen LogP contribution >= 0.6 is 24.8 Å². The first-order valence-electron chi connectivity index (χ1n) is 9.30. The maximum atomic E-state index is 12.4. The second kappa shape index (κ2) is 12.5. The van der Waals surface area contributed by atoms with Gasteiger partial charge in [-0.25, -0.2) is 0 Å². The van der Waals surface area contributed by atoms with Gasteiger partial charge in [0.05, 0.1) is 6.42 Å². The minimum Gasteiger partial charge on any atom is -0.491 e. The number of ether oxygens (including phenoxy) is 1. The molecule has 1 heterocycles. The van der Waals surface area contributed by atoms with Gasteiger partial charge in [-0.1, -0.05) is 30.3 Å². The van der Waals surface area contributed by atoms with Crippen LogP contribution < -0.4 is 10.5 Å². The molecule has 1 amide bonds. The van der Waals surface area contributed by atoms with Gasteiger partial charge < -0.3 is 20.5 Å². The fourth-order valence-electron chi connectivity index (χ4n) is 3.16. The monoisotopic (exact) mass is 441 g/mol. The summed E-state index contributed by atoms with van der Waals surface area (Å²) in [5.41, 5.74) is 7.36. The molecule has 0 saturated carbocycles. The van der Waals surface area contributed by atoms with Crippen molar-refractivity contribution in [1.29, 1.82) is 0 Å². The highest BCUT2D eigenvalue weighted by molar-refractivity contribution is 5.85. The molecule has 1 aliphatic heterocycles. The van der Waals surface area contributed by atoms with Crippen molar-refractivity contribution in [1.82, 2.24) is 9.80 Å². The Bertz CT molecular complexity index is 724. The Morgan fingerprint density at radius 2 is 1.62 bits per heavy atom. The molecular formula is C21H29Cl2N3O3. The van der Waals surface area contributed by atoms with Crippen LogP contribution in [0.4, 0.5) is 5.69 Å². The molecule has 0 spiro atoms. The third kappa shape index (κ3) is 8.11. The number of anilines is 1. The lowest BCUT2D eigenvalue weighted by molar-refractivity contribution is -0.132. The average molecular weight is 442 g/mol. The minimum absolute atomic E-state index is 0. The summed E-state index contributed by atoms with van der Waals surface area (Å²) in [6, 6.07) is 16.9. The number of aliphatic hydroxyl groups excluding tert-OH is 1. The van der Waals surface area contributed by atoms with Gasteiger partial charge in [-0.05, 0) is 29.8 Å². The molecule has 1 aliphatic rings. The number of piperazine rings is 1. The Kier molecular flexibility index (Phi) is 10.8. The third-order valence-electron chi connectivity index (χ3n) is 4.71. The lowest BCUT2D eigenvalue weighted by Gasteiger charge is -2.35. The van der Waals surface area contributed by atoms with E-state index in [1.165, 1.54) is 0 Å². The second-order valence-corrected chi connectivity index (χ2v) is 6.88. The van der Waals surface area contributed by atoms with Gasteiger partial charge in [-0.2, -0.15) is 0 Å². The summed E-state index contributed by atoms with van der Waals surface area (Å²) in [6.07, 6.45) is -0.157. The maximum absolute atomic E-state index is 12.4. The van der Waals surface area contributed by atoms with Gasteiger partial charge in [-0.3, -0.25) is 9.69 Å². The number of carbonyl (C=O) groups excluding carboxylic acids is 1. The molecule has 8 heteroatoms. The van der Waals surface area contributed by atoms with E-state index in [1.54, 1.807) is 0 Å². The first-order chi connectivity index (χ1) is 13.1. The van der Waals surface area contributed by atoms with Gasteiger partial charge in [-0.15, -0.1) is 24.8 Å². The molecular weight excluding hydrogens is 413 g/mol. The summed E-state index contributed by atoms with van der Waals surface area (Å²) < 4.78 is 5.59. The van der Waals surface area contributed by atoms with Crippen LogP contribution in [0.5, 0.6) is 5.75 Å². The van der Waals surface area contributed by atoms with Crippen LogP contribution in [0.3, 0.4) is 0 Å². The number of amides is 1. The standard InChI is InChI=1S/C21H27N3O3.2ClH/c22-18-8-6-17(7-9-18)14-21(26)24-12-10-23(11-13-24)15-19(25)16-27-20-4-2-1-3-5-20;;/h1-9,19,25H,10-16,22H2;2*1H. The summed E-state index contributed by atoms with van der Waals surface area (Å²) in [6.45, 7) is 3.69. The van der Waals surface area contributed by atoms with Crippen molar-refractivity contribution in [3.63, 3.8) is 0 Å². The molecule has 1 fully saturated rings. The molecule has 0 aromatic heterocycles. The second-order valence-electron chi connectivity index (χ2n) is 6.88. The van der Waals surface area contributed by atoms with Gasteiger partial charge in [0.25, 0.3) is 0 Å². The molecule has 0 bridgehead atoms. The fourth-order valence-corrected chi connectivity index (χ4v) is 3.16. The van der Waals surface area contributed by atoms with Crippen molar-refractivity contribution < 1.29 is 14.6 Å². The first-order valence-corrected chi connectivity index (χ1v) is 9.30. The van der Waals surface area contributed by atoms with Crippen molar-refractivity contribution >= 4 is 36.4 Å². The van der Waals surface area contributed by atoms with Crippen LogP contribution in [-0.2, 0) is 11.2 Å². The quantitative estimate of drug-likeness (QED) is 0.644. The minimum atomic E-state index is -0.553. The zero-order valence-corrected chi connectivity index (χ0v) is 17.9. The van der Waals surface area contributed by atoms with E-state index in [4.69, 9.17) is 10.5 Å². The maximum Gasteiger partial charge on any atom is 0.227 e. The highest BCUT2D eigenvalue weighted by atomic mass is 35.5. The molecule has 2 aromatic rings. The molecule has 1 saturated heterocycles. The Hall–Kier alpha value is -1.99. The first kappa shape index (κ1) is 25.0. The van der Waals surface area contributed by atoms with Crippen LogP contribution in [-0.4, -0.2) is 66.2 Å². The third-order valence-corrected chi connectivity index (χ3v) is 4.71. The van der Waals surface area contributed by atoms with Crippen LogP contribution in [0.2, 0.25) is 0 Å².